The van der Waals surface area contributed by atoms with Crippen LogP contribution in [0.2, 0.25) is 0 Å². The van der Waals surface area contributed by atoms with E-state index in [-0.39, 0.29) is 11.9 Å². The molecule has 0 amide bonds. The van der Waals surface area contributed by atoms with E-state index in [1.54, 1.807) is 12.1 Å². The largest absolute Gasteiger partial charge is 0.506 e. The van der Waals surface area contributed by atoms with Crippen molar-refractivity contribution in [3.63, 3.8) is 0 Å². The number of hydrogen-bond acceptors (Lipinski definition) is 3. The van der Waals surface area contributed by atoms with Gasteiger partial charge in [0.25, 0.3) is 0 Å². The molecule has 1 N–H and O–H groups in total. The number of ether oxygens (including phenoxy) is 1. The van der Waals surface area contributed by atoms with Gasteiger partial charge < -0.3 is 9.84 Å². The average molecular weight is 195 g/mol. The lowest BCUT2D eigenvalue weighted by Gasteiger charge is -2.15. The van der Waals surface area contributed by atoms with Crippen molar-refractivity contribution in [1.82, 2.24) is 4.98 Å². The summed E-state index contributed by atoms with van der Waals surface area (Å²) in [6.45, 7) is 4.23. The number of rotatable bonds is 5. The SMILES string of the molecule is CCCC(CC)Oc1ccc(O)cn1. The van der Waals surface area contributed by atoms with Gasteiger partial charge in [-0.25, -0.2) is 4.98 Å². The van der Waals surface area contributed by atoms with Gasteiger partial charge in [-0.15, -0.1) is 0 Å². The van der Waals surface area contributed by atoms with Crippen molar-refractivity contribution in [2.45, 2.75) is 39.2 Å². The first-order chi connectivity index (χ1) is 6.76. The fourth-order valence-corrected chi connectivity index (χ4v) is 1.28. The van der Waals surface area contributed by atoms with Gasteiger partial charge in [-0.2, -0.15) is 0 Å². The molecule has 3 nitrogen and oxygen atoms in total. The zero-order valence-corrected chi connectivity index (χ0v) is 8.73. The Kier molecular flexibility index (Phi) is 4.23. The van der Waals surface area contributed by atoms with E-state index in [0.717, 1.165) is 19.3 Å². The van der Waals surface area contributed by atoms with Crippen molar-refractivity contribution in [2.75, 3.05) is 0 Å². The van der Waals surface area contributed by atoms with Gasteiger partial charge in [-0.05, 0) is 18.9 Å². The maximum absolute atomic E-state index is 9.03. The Bertz CT molecular complexity index is 258. The third kappa shape index (κ3) is 3.24. The molecule has 0 aliphatic heterocycles. The summed E-state index contributed by atoms with van der Waals surface area (Å²) in [6, 6.07) is 3.27. The molecule has 78 valence electrons. The van der Waals surface area contributed by atoms with Crippen molar-refractivity contribution in [2.24, 2.45) is 0 Å². The lowest BCUT2D eigenvalue weighted by atomic mass is 10.2. The minimum atomic E-state index is 0.167. The maximum Gasteiger partial charge on any atom is 0.213 e. The Balaban J connectivity index is 2.53. The molecule has 1 heterocycles. The summed E-state index contributed by atoms with van der Waals surface area (Å²) in [5.41, 5.74) is 0. The van der Waals surface area contributed by atoms with Crippen LogP contribution < -0.4 is 4.74 Å². The smallest absolute Gasteiger partial charge is 0.213 e. The van der Waals surface area contributed by atoms with Gasteiger partial charge in [0.05, 0.1) is 6.20 Å². The Morgan fingerprint density at radius 2 is 2.21 bits per heavy atom. The van der Waals surface area contributed by atoms with Crippen LogP contribution in [-0.2, 0) is 0 Å². The zero-order chi connectivity index (χ0) is 10.4. The van der Waals surface area contributed by atoms with Crippen LogP contribution in [0.15, 0.2) is 18.3 Å². The number of aromatic hydroxyl groups is 1. The van der Waals surface area contributed by atoms with Crippen LogP contribution in [0.3, 0.4) is 0 Å². The van der Waals surface area contributed by atoms with Gasteiger partial charge in [-0.1, -0.05) is 20.3 Å². The van der Waals surface area contributed by atoms with E-state index < -0.39 is 0 Å². The minimum Gasteiger partial charge on any atom is -0.506 e. The van der Waals surface area contributed by atoms with E-state index in [0.29, 0.717) is 5.88 Å². The Morgan fingerprint density at radius 1 is 1.43 bits per heavy atom. The predicted octanol–water partition coefficient (Wildman–Crippen LogP) is 2.74. The van der Waals surface area contributed by atoms with Crippen molar-refractivity contribution >= 4 is 0 Å². The normalized spacial score (nSPS) is 12.4. The molecule has 0 aliphatic rings. The van der Waals surface area contributed by atoms with Crippen LogP contribution in [0.1, 0.15) is 33.1 Å². The molecule has 1 aromatic rings. The summed E-state index contributed by atoms with van der Waals surface area (Å²) in [5.74, 6) is 0.754. The lowest BCUT2D eigenvalue weighted by molar-refractivity contribution is 0.178. The number of aromatic nitrogens is 1. The summed E-state index contributed by atoms with van der Waals surface area (Å²) in [7, 11) is 0. The summed E-state index contributed by atoms with van der Waals surface area (Å²) >= 11 is 0. The quantitative estimate of drug-likeness (QED) is 0.785. The number of pyridine rings is 1. The summed E-state index contributed by atoms with van der Waals surface area (Å²) < 4.78 is 5.64. The fraction of sp³-hybridized carbons (Fsp3) is 0.545. The highest BCUT2D eigenvalue weighted by molar-refractivity contribution is 5.21. The van der Waals surface area contributed by atoms with Gasteiger partial charge >= 0.3 is 0 Å². The summed E-state index contributed by atoms with van der Waals surface area (Å²) in [5, 5.41) is 9.03. The summed E-state index contributed by atoms with van der Waals surface area (Å²) in [6.07, 6.45) is 4.76. The zero-order valence-electron chi connectivity index (χ0n) is 8.73. The highest BCUT2D eigenvalue weighted by Crippen LogP contribution is 2.15. The van der Waals surface area contributed by atoms with Crippen LogP contribution >= 0.6 is 0 Å². The first-order valence-corrected chi connectivity index (χ1v) is 5.08. The van der Waals surface area contributed by atoms with E-state index in [9.17, 15) is 0 Å². The highest BCUT2D eigenvalue weighted by Gasteiger charge is 2.07. The second-order valence-corrected chi connectivity index (χ2v) is 3.29. The first kappa shape index (κ1) is 10.8. The van der Waals surface area contributed by atoms with Crippen LogP contribution in [0, 0.1) is 0 Å². The summed E-state index contributed by atoms with van der Waals surface area (Å²) in [4.78, 5) is 3.98. The number of nitrogens with zero attached hydrogens (tertiary/aromatic N) is 1. The van der Waals surface area contributed by atoms with Gasteiger partial charge in [0.2, 0.25) is 5.88 Å². The molecule has 14 heavy (non-hydrogen) atoms. The van der Waals surface area contributed by atoms with Gasteiger partial charge in [0.15, 0.2) is 0 Å². The molecule has 0 bridgehead atoms. The Morgan fingerprint density at radius 3 is 2.71 bits per heavy atom. The molecular weight excluding hydrogens is 178 g/mol. The van der Waals surface area contributed by atoms with Crippen LogP contribution in [0.25, 0.3) is 0 Å². The van der Waals surface area contributed by atoms with Crippen LogP contribution in [0.4, 0.5) is 0 Å². The highest BCUT2D eigenvalue weighted by atomic mass is 16.5. The van der Waals surface area contributed by atoms with Crippen molar-refractivity contribution in [1.29, 1.82) is 0 Å². The standard InChI is InChI=1S/C11H17NO2/c1-3-5-10(4-2)14-11-7-6-9(13)8-12-11/h6-8,10,13H,3-5H2,1-2H3. The lowest BCUT2D eigenvalue weighted by Crippen LogP contribution is -2.15. The van der Waals surface area contributed by atoms with E-state index in [4.69, 9.17) is 9.84 Å². The first-order valence-electron chi connectivity index (χ1n) is 5.08. The third-order valence-corrected chi connectivity index (χ3v) is 2.07. The third-order valence-electron chi connectivity index (χ3n) is 2.07. The monoisotopic (exact) mass is 195 g/mol. The average Bonchev–Trinajstić information content (AvgIpc) is 2.20. The Hall–Kier alpha value is -1.25. The molecule has 0 saturated carbocycles. The molecule has 0 radical (unpaired) electrons. The molecule has 3 heteroatoms. The van der Waals surface area contributed by atoms with Gasteiger partial charge in [0, 0.05) is 6.07 Å². The number of hydrogen-bond donors (Lipinski definition) is 1. The second-order valence-electron chi connectivity index (χ2n) is 3.29. The molecular formula is C11H17NO2. The molecule has 1 aromatic heterocycles. The topological polar surface area (TPSA) is 42.4 Å². The van der Waals surface area contributed by atoms with Crippen LogP contribution in [-0.4, -0.2) is 16.2 Å². The molecule has 0 fully saturated rings. The molecule has 1 atom stereocenters. The maximum atomic E-state index is 9.03. The molecule has 0 aromatic carbocycles. The van der Waals surface area contributed by atoms with Crippen molar-refractivity contribution < 1.29 is 9.84 Å². The van der Waals surface area contributed by atoms with Gasteiger partial charge in [0.1, 0.15) is 11.9 Å². The van der Waals surface area contributed by atoms with Gasteiger partial charge in [-0.3, -0.25) is 0 Å². The predicted molar refractivity (Wildman–Crippen MR) is 55.5 cm³/mol. The van der Waals surface area contributed by atoms with Crippen LogP contribution in [0.5, 0.6) is 11.6 Å². The molecule has 0 aliphatic carbocycles. The molecule has 1 rings (SSSR count). The Labute approximate surface area is 84.7 Å². The van der Waals surface area contributed by atoms with E-state index in [1.807, 2.05) is 0 Å². The molecule has 0 saturated heterocycles. The molecule has 0 spiro atoms. The van der Waals surface area contributed by atoms with E-state index in [1.165, 1.54) is 6.20 Å². The van der Waals surface area contributed by atoms with Crippen molar-refractivity contribution in [3.05, 3.63) is 18.3 Å². The van der Waals surface area contributed by atoms with Crippen molar-refractivity contribution in [3.8, 4) is 11.6 Å². The van der Waals surface area contributed by atoms with E-state index >= 15 is 0 Å². The molecule has 1 unspecified atom stereocenters. The second kappa shape index (κ2) is 5.47. The van der Waals surface area contributed by atoms with E-state index in [2.05, 4.69) is 18.8 Å². The minimum absolute atomic E-state index is 0.167. The fourth-order valence-electron chi connectivity index (χ4n) is 1.28.